The van der Waals surface area contributed by atoms with Gasteiger partial charge in [-0.25, -0.2) is 4.98 Å². The van der Waals surface area contributed by atoms with Crippen LogP contribution in [0, 0.1) is 13.8 Å². The quantitative estimate of drug-likeness (QED) is 0.651. The molecule has 3 N–H and O–H groups in total. The average Bonchev–Trinajstić information content (AvgIpc) is 2.23. The molecule has 0 spiro atoms. The zero-order valence-electron chi connectivity index (χ0n) is 10.2. The van der Waals surface area contributed by atoms with Crippen molar-refractivity contribution in [3.05, 3.63) is 22.9 Å². The number of carbonyl (C=O) groups excluding carboxylic acids is 1. The molecule has 1 heterocycles. The summed E-state index contributed by atoms with van der Waals surface area (Å²) in [4.78, 5) is 25.7. The van der Waals surface area contributed by atoms with E-state index in [1.165, 1.54) is 19.9 Å². The Morgan fingerprint density at radius 3 is 2.42 bits per heavy atom. The number of pyridine rings is 1. The summed E-state index contributed by atoms with van der Waals surface area (Å²) in [6, 6.07) is 1.45. The summed E-state index contributed by atoms with van der Waals surface area (Å²) in [6.45, 7) is 2.29. The topological polar surface area (TPSA) is 134 Å². The van der Waals surface area contributed by atoms with E-state index in [4.69, 9.17) is 9.66 Å². The number of aliphatic carboxylic acids is 1. The molecule has 0 atom stereocenters. The van der Waals surface area contributed by atoms with Gasteiger partial charge in [0.1, 0.15) is 6.54 Å². The number of carboxylic acids is 1. The number of aromatic nitrogens is 1. The van der Waals surface area contributed by atoms with Crippen molar-refractivity contribution in [3.63, 3.8) is 0 Å². The lowest BCUT2D eigenvalue weighted by Gasteiger charge is -2.10. The fraction of sp³-hybridized carbons (Fsp3) is 0.300. The normalized spacial score (nSPS) is 11.1. The third-order valence-electron chi connectivity index (χ3n) is 2.18. The van der Waals surface area contributed by atoms with E-state index in [1.807, 2.05) is 5.32 Å². The number of hydrogen-bond acceptors (Lipinski definition) is 5. The van der Waals surface area contributed by atoms with E-state index in [1.54, 1.807) is 0 Å². The summed E-state index contributed by atoms with van der Waals surface area (Å²) in [5, 5.41) is 9.69. The highest BCUT2D eigenvalue weighted by Gasteiger charge is 2.25. The molecule has 0 aliphatic heterocycles. The highest BCUT2D eigenvalue weighted by Crippen LogP contribution is 2.18. The highest BCUT2D eigenvalue weighted by molar-refractivity contribution is 7.85. The molecule has 1 rings (SSSR count). The van der Waals surface area contributed by atoms with Gasteiger partial charge in [0.25, 0.3) is 5.91 Å². The standard InChI is InChI=1S/C10H12N2O6S/c1-5-3-6(2)12-10(19(16,17)18)8(5)9(15)11-4-7(13)14/h3H,4H2,1-2H3,(H,11,15)(H,13,14)(H,16,17,18). The van der Waals surface area contributed by atoms with Crippen molar-refractivity contribution in [2.24, 2.45) is 0 Å². The van der Waals surface area contributed by atoms with Crippen molar-refractivity contribution < 1.29 is 27.7 Å². The molecular formula is C10H12N2O6S. The van der Waals surface area contributed by atoms with Crippen LogP contribution in [0.2, 0.25) is 0 Å². The summed E-state index contributed by atoms with van der Waals surface area (Å²) in [5.74, 6) is -2.21. The molecule has 0 aliphatic carbocycles. The van der Waals surface area contributed by atoms with Crippen molar-refractivity contribution in [1.29, 1.82) is 0 Å². The monoisotopic (exact) mass is 288 g/mol. The van der Waals surface area contributed by atoms with Gasteiger partial charge in [0, 0.05) is 5.69 Å². The molecule has 8 nitrogen and oxygen atoms in total. The van der Waals surface area contributed by atoms with Gasteiger partial charge < -0.3 is 10.4 Å². The molecule has 0 aliphatic rings. The number of amides is 1. The fourth-order valence-electron chi connectivity index (χ4n) is 1.51. The SMILES string of the molecule is Cc1cc(C)c(C(=O)NCC(=O)O)c(S(=O)(=O)O)n1. The summed E-state index contributed by atoms with van der Waals surface area (Å²) < 4.78 is 31.5. The van der Waals surface area contributed by atoms with Gasteiger partial charge in [-0.1, -0.05) is 0 Å². The first kappa shape index (κ1) is 15.1. The van der Waals surface area contributed by atoms with Crippen molar-refractivity contribution in [1.82, 2.24) is 10.3 Å². The smallest absolute Gasteiger partial charge is 0.322 e. The Bertz CT molecular complexity index is 638. The van der Waals surface area contributed by atoms with Crippen molar-refractivity contribution >= 4 is 22.0 Å². The molecule has 0 radical (unpaired) electrons. The molecule has 1 aromatic rings. The van der Waals surface area contributed by atoms with E-state index in [2.05, 4.69) is 4.98 Å². The van der Waals surface area contributed by atoms with E-state index in [-0.39, 0.29) is 11.1 Å². The minimum absolute atomic E-state index is 0.267. The molecule has 19 heavy (non-hydrogen) atoms. The molecule has 0 fully saturated rings. The van der Waals surface area contributed by atoms with Crippen LogP contribution in [0.1, 0.15) is 21.6 Å². The van der Waals surface area contributed by atoms with Crippen LogP contribution in [0.5, 0.6) is 0 Å². The molecule has 0 unspecified atom stereocenters. The predicted octanol–water partition coefficient (Wildman–Crippen LogP) is -0.240. The maximum Gasteiger partial charge on any atom is 0.322 e. The lowest BCUT2D eigenvalue weighted by atomic mass is 10.1. The zero-order valence-corrected chi connectivity index (χ0v) is 11.0. The second kappa shape index (κ2) is 5.33. The van der Waals surface area contributed by atoms with Crippen LogP contribution >= 0.6 is 0 Å². The maximum atomic E-state index is 11.8. The van der Waals surface area contributed by atoms with Crippen molar-refractivity contribution in [3.8, 4) is 0 Å². The van der Waals surface area contributed by atoms with E-state index >= 15 is 0 Å². The van der Waals surface area contributed by atoms with E-state index in [0.29, 0.717) is 5.69 Å². The van der Waals surface area contributed by atoms with Crippen molar-refractivity contribution in [2.75, 3.05) is 6.54 Å². The Morgan fingerprint density at radius 2 is 1.95 bits per heavy atom. The van der Waals surface area contributed by atoms with Gasteiger partial charge in [0.05, 0.1) is 5.56 Å². The maximum absolute atomic E-state index is 11.8. The number of nitrogens with one attached hydrogen (secondary N) is 1. The molecule has 1 aromatic heterocycles. The van der Waals surface area contributed by atoms with Crippen LogP contribution in [-0.4, -0.2) is 41.5 Å². The Morgan fingerprint density at radius 1 is 1.37 bits per heavy atom. The predicted molar refractivity (Wildman–Crippen MR) is 63.5 cm³/mol. The van der Waals surface area contributed by atoms with Crippen LogP contribution in [0.3, 0.4) is 0 Å². The first-order chi connectivity index (χ1) is 8.62. The van der Waals surface area contributed by atoms with Gasteiger partial charge in [-0.15, -0.1) is 0 Å². The van der Waals surface area contributed by atoms with Gasteiger partial charge in [-0.3, -0.25) is 14.1 Å². The molecule has 9 heteroatoms. The molecule has 0 aromatic carbocycles. The number of rotatable bonds is 4. The van der Waals surface area contributed by atoms with Crippen LogP contribution in [-0.2, 0) is 14.9 Å². The third-order valence-corrected chi connectivity index (χ3v) is 2.97. The van der Waals surface area contributed by atoms with Gasteiger partial charge in [-0.2, -0.15) is 8.42 Å². The zero-order chi connectivity index (χ0) is 14.8. The van der Waals surface area contributed by atoms with E-state index in [0.717, 1.165) is 0 Å². The summed E-state index contributed by atoms with van der Waals surface area (Å²) in [7, 11) is -4.68. The average molecular weight is 288 g/mol. The largest absolute Gasteiger partial charge is 0.480 e. The van der Waals surface area contributed by atoms with Gasteiger partial charge >= 0.3 is 16.1 Å². The Hall–Kier alpha value is -2.00. The molecule has 0 saturated heterocycles. The number of carbonyl (C=O) groups is 2. The summed E-state index contributed by atoms with van der Waals surface area (Å²) in [6.07, 6.45) is 0. The van der Waals surface area contributed by atoms with Crippen LogP contribution in [0.15, 0.2) is 11.1 Å². The lowest BCUT2D eigenvalue weighted by Crippen LogP contribution is -2.31. The number of aryl methyl sites for hydroxylation is 2. The molecule has 104 valence electrons. The first-order valence-electron chi connectivity index (χ1n) is 5.08. The summed E-state index contributed by atoms with van der Waals surface area (Å²) >= 11 is 0. The Kier molecular flexibility index (Phi) is 4.22. The fourth-order valence-corrected chi connectivity index (χ4v) is 2.28. The van der Waals surface area contributed by atoms with Gasteiger partial charge in [0.2, 0.25) is 0 Å². The number of hydrogen-bond donors (Lipinski definition) is 3. The Labute approximate surface area is 109 Å². The third kappa shape index (κ3) is 3.73. The molecule has 1 amide bonds. The molecule has 0 saturated carbocycles. The summed E-state index contributed by atoms with van der Waals surface area (Å²) in [5.41, 5.74) is 0.206. The second-order valence-electron chi connectivity index (χ2n) is 3.81. The van der Waals surface area contributed by atoms with E-state index in [9.17, 15) is 18.0 Å². The molecule has 0 bridgehead atoms. The molecular weight excluding hydrogens is 276 g/mol. The van der Waals surface area contributed by atoms with Gasteiger partial charge in [0.15, 0.2) is 5.03 Å². The van der Waals surface area contributed by atoms with Crippen LogP contribution in [0.25, 0.3) is 0 Å². The van der Waals surface area contributed by atoms with Gasteiger partial charge in [-0.05, 0) is 25.5 Å². The van der Waals surface area contributed by atoms with Crippen LogP contribution < -0.4 is 5.32 Å². The first-order valence-corrected chi connectivity index (χ1v) is 6.52. The minimum Gasteiger partial charge on any atom is -0.480 e. The lowest BCUT2D eigenvalue weighted by molar-refractivity contribution is -0.135. The second-order valence-corrected chi connectivity index (χ2v) is 5.15. The number of nitrogens with zero attached hydrogens (tertiary/aromatic N) is 1. The van der Waals surface area contributed by atoms with E-state index < -0.39 is 33.6 Å². The minimum atomic E-state index is -4.68. The van der Waals surface area contributed by atoms with Crippen molar-refractivity contribution in [2.45, 2.75) is 18.9 Å². The number of carboxylic acid groups (broad SMARTS) is 1. The highest BCUT2D eigenvalue weighted by atomic mass is 32.2. The van der Waals surface area contributed by atoms with Crippen LogP contribution in [0.4, 0.5) is 0 Å². The Balaban J connectivity index is 3.34.